The first-order valence-electron chi connectivity index (χ1n) is 7.88. The number of hydrogen-bond donors (Lipinski definition) is 0. The highest BCUT2D eigenvalue weighted by Gasteiger charge is 2.29. The van der Waals surface area contributed by atoms with E-state index >= 15 is 0 Å². The molecule has 1 aromatic heterocycles. The summed E-state index contributed by atoms with van der Waals surface area (Å²) in [7, 11) is 0. The second kappa shape index (κ2) is 7.59. The maximum atomic E-state index is 11.7. The predicted octanol–water partition coefficient (Wildman–Crippen LogP) is 2.68. The lowest BCUT2D eigenvalue weighted by Crippen LogP contribution is -2.46. The number of aromatic nitrogens is 2. The van der Waals surface area contributed by atoms with Gasteiger partial charge in [0.1, 0.15) is 6.33 Å². The van der Waals surface area contributed by atoms with Crippen LogP contribution in [-0.4, -0.2) is 52.5 Å². The summed E-state index contributed by atoms with van der Waals surface area (Å²) < 4.78 is 0. The van der Waals surface area contributed by atoms with Crippen LogP contribution in [0.3, 0.4) is 0 Å². The van der Waals surface area contributed by atoms with Gasteiger partial charge >= 0.3 is 5.69 Å². The van der Waals surface area contributed by atoms with Gasteiger partial charge in [0.15, 0.2) is 5.03 Å². The van der Waals surface area contributed by atoms with E-state index < -0.39 is 0 Å². The number of rotatable bonds is 5. The summed E-state index contributed by atoms with van der Waals surface area (Å²) in [5.41, 5.74) is -0.00342. The molecule has 0 aliphatic carbocycles. The lowest BCUT2D eigenvalue weighted by molar-refractivity contribution is -0.387. The van der Waals surface area contributed by atoms with Crippen LogP contribution in [0.4, 0.5) is 11.5 Å². The van der Waals surface area contributed by atoms with Crippen molar-refractivity contribution < 1.29 is 4.92 Å². The summed E-state index contributed by atoms with van der Waals surface area (Å²) in [5, 5.41) is 12.1. The summed E-state index contributed by atoms with van der Waals surface area (Å²) in [4.78, 5) is 24.9. The lowest BCUT2D eigenvalue weighted by atomic mass is 10.3. The minimum absolute atomic E-state index is 0.00342. The summed E-state index contributed by atoms with van der Waals surface area (Å²) in [6.07, 6.45) is 1.42. The van der Waals surface area contributed by atoms with Gasteiger partial charge in [0, 0.05) is 31.1 Å². The second-order valence-corrected chi connectivity index (χ2v) is 6.51. The van der Waals surface area contributed by atoms with E-state index in [1.165, 1.54) is 18.1 Å². The van der Waals surface area contributed by atoms with E-state index in [-0.39, 0.29) is 10.6 Å². The Kier molecular flexibility index (Phi) is 5.27. The Balaban J connectivity index is 1.90. The van der Waals surface area contributed by atoms with Crippen LogP contribution in [0.25, 0.3) is 0 Å². The van der Waals surface area contributed by atoms with Crippen molar-refractivity contribution in [2.75, 3.05) is 37.6 Å². The van der Waals surface area contributed by atoms with Gasteiger partial charge in [-0.05, 0) is 18.7 Å². The smallest absolute Gasteiger partial charge is 0.343 e. The van der Waals surface area contributed by atoms with Crippen LogP contribution in [-0.2, 0) is 0 Å². The molecule has 2 heterocycles. The number of nitrogens with zero attached hydrogens (tertiary/aromatic N) is 5. The fraction of sp³-hybridized carbons (Fsp3) is 0.375. The quantitative estimate of drug-likeness (QED) is 0.468. The Morgan fingerprint density at radius 1 is 1.17 bits per heavy atom. The van der Waals surface area contributed by atoms with Crippen LogP contribution in [0.2, 0.25) is 0 Å². The lowest BCUT2D eigenvalue weighted by Gasteiger charge is -2.34. The predicted molar refractivity (Wildman–Crippen MR) is 93.6 cm³/mol. The molecule has 0 atom stereocenters. The fourth-order valence-corrected chi connectivity index (χ4v) is 3.57. The van der Waals surface area contributed by atoms with Crippen molar-refractivity contribution in [1.82, 2.24) is 14.9 Å². The molecule has 1 aliphatic rings. The maximum Gasteiger partial charge on any atom is 0.343 e. The minimum atomic E-state index is -0.368. The van der Waals surface area contributed by atoms with Crippen LogP contribution < -0.4 is 4.90 Å². The number of nitro groups is 1. The van der Waals surface area contributed by atoms with Crippen LogP contribution >= 0.6 is 11.8 Å². The van der Waals surface area contributed by atoms with Crippen molar-refractivity contribution in [2.45, 2.75) is 16.8 Å². The van der Waals surface area contributed by atoms with Crippen LogP contribution in [0, 0.1) is 10.1 Å². The van der Waals surface area contributed by atoms with Crippen molar-refractivity contribution in [2.24, 2.45) is 0 Å². The molecule has 1 aliphatic heterocycles. The third-order valence-electron chi connectivity index (χ3n) is 4.03. The largest absolute Gasteiger partial charge is 0.348 e. The van der Waals surface area contributed by atoms with Crippen molar-refractivity contribution >= 4 is 23.3 Å². The molecule has 0 unspecified atom stereocenters. The molecule has 1 saturated heterocycles. The van der Waals surface area contributed by atoms with Crippen LogP contribution in [0.1, 0.15) is 6.92 Å². The van der Waals surface area contributed by atoms with Crippen molar-refractivity contribution in [3.63, 3.8) is 0 Å². The Bertz CT molecular complexity index is 705. The molecular formula is C16H19N5O2S. The Hall–Kier alpha value is -2.19. The summed E-state index contributed by atoms with van der Waals surface area (Å²) >= 11 is 1.30. The molecular weight excluding hydrogens is 326 g/mol. The van der Waals surface area contributed by atoms with Gasteiger partial charge in [-0.2, -0.15) is 0 Å². The van der Waals surface area contributed by atoms with E-state index in [4.69, 9.17) is 0 Å². The van der Waals surface area contributed by atoms with E-state index in [1.54, 1.807) is 0 Å². The standard InChI is InChI=1S/C16H19N5O2S/c1-2-19-8-10-20(11-9-19)15-14(21(22)23)16(18-12-17-15)24-13-6-4-3-5-7-13/h3-7,12H,2,8-11H2,1H3. The normalized spacial score (nSPS) is 15.5. The highest BCUT2D eigenvalue weighted by Crippen LogP contribution is 2.38. The third kappa shape index (κ3) is 3.65. The van der Waals surface area contributed by atoms with Gasteiger partial charge in [-0.25, -0.2) is 9.97 Å². The molecule has 0 N–H and O–H groups in total. The van der Waals surface area contributed by atoms with Gasteiger partial charge in [-0.15, -0.1) is 0 Å². The van der Waals surface area contributed by atoms with Gasteiger partial charge in [0.2, 0.25) is 5.82 Å². The van der Waals surface area contributed by atoms with E-state index in [1.807, 2.05) is 35.2 Å². The van der Waals surface area contributed by atoms with E-state index in [0.717, 1.165) is 37.6 Å². The Morgan fingerprint density at radius 3 is 2.50 bits per heavy atom. The molecule has 0 bridgehead atoms. The highest BCUT2D eigenvalue weighted by molar-refractivity contribution is 7.99. The molecule has 0 radical (unpaired) electrons. The average Bonchev–Trinajstić information content (AvgIpc) is 2.62. The molecule has 8 heteroatoms. The second-order valence-electron chi connectivity index (χ2n) is 5.44. The molecule has 3 rings (SSSR count). The molecule has 0 amide bonds. The molecule has 1 aromatic carbocycles. The van der Waals surface area contributed by atoms with E-state index in [9.17, 15) is 10.1 Å². The zero-order valence-corrected chi connectivity index (χ0v) is 14.3. The Labute approximate surface area is 144 Å². The van der Waals surface area contributed by atoms with Gasteiger partial charge in [0.05, 0.1) is 4.92 Å². The van der Waals surface area contributed by atoms with Crippen LogP contribution in [0.15, 0.2) is 46.6 Å². The van der Waals surface area contributed by atoms with Crippen molar-refractivity contribution in [3.05, 3.63) is 46.8 Å². The molecule has 1 fully saturated rings. The molecule has 0 saturated carbocycles. The minimum Gasteiger partial charge on any atom is -0.348 e. The molecule has 126 valence electrons. The number of anilines is 1. The van der Waals surface area contributed by atoms with Gasteiger partial charge < -0.3 is 9.80 Å². The summed E-state index contributed by atoms with van der Waals surface area (Å²) in [5.74, 6) is 0.421. The molecule has 7 nitrogen and oxygen atoms in total. The maximum absolute atomic E-state index is 11.7. The zero-order chi connectivity index (χ0) is 16.9. The third-order valence-corrected chi connectivity index (χ3v) is 5.03. The average molecular weight is 345 g/mol. The van der Waals surface area contributed by atoms with E-state index in [2.05, 4.69) is 21.8 Å². The van der Waals surface area contributed by atoms with Crippen LogP contribution in [0.5, 0.6) is 0 Å². The van der Waals surface area contributed by atoms with Gasteiger partial charge in [-0.1, -0.05) is 36.9 Å². The first kappa shape index (κ1) is 16.7. The molecule has 24 heavy (non-hydrogen) atoms. The topological polar surface area (TPSA) is 75.4 Å². The Morgan fingerprint density at radius 2 is 1.88 bits per heavy atom. The zero-order valence-electron chi connectivity index (χ0n) is 13.5. The van der Waals surface area contributed by atoms with Gasteiger partial charge in [0.25, 0.3) is 0 Å². The van der Waals surface area contributed by atoms with Crippen molar-refractivity contribution in [3.8, 4) is 0 Å². The highest BCUT2D eigenvalue weighted by atomic mass is 32.2. The SMILES string of the molecule is CCN1CCN(c2ncnc(Sc3ccccc3)c2[N+](=O)[O-])CC1. The summed E-state index contributed by atoms with van der Waals surface area (Å²) in [6, 6.07) is 9.55. The molecule has 0 spiro atoms. The number of benzene rings is 1. The van der Waals surface area contributed by atoms with Gasteiger partial charge in [-0.3, -0.25) is 10.1 Å². The van der Waals surface area contributed by atoms with Crippen molar-refractivity contribution in [1.29, 1.82) is 0 Å². The number of hydrogen-bond acceptors (Lipinski definition) is 7. The molecule has 2 aromatic rings. The number of likely N-dealkylation sites (N-methyl/N-ethyl adjacent to an activating group) is 1. The summed E-state index contributed by atoms with van der Waals surface area (Å²) in [6.45, 7) is 6.37. The number of piperazine rings is 1. The van der Waals surface area contributed by atoms with E-state index in [0.29, 0.717) is 10.8 Å². The first-order chi connectivity index (χ1) is 11.7. The first-order valence-corrected chi connectivity index (χ1v) is 8.70. The fourth-order valence-electron chi connectivity index (χ4n) is 2.70. The monoisotopic (exact) mass is 345 g/mol.